The molecule has 0 aromatic heterocycles. The first-order chi connectivity index (χ1) is 18.9. The Morgan fingerprint density at radius 2 is 1.65 bits per heavy atom. The van der Waals surface area contributed by atoms with E-state index >= 15 is 0 Å². The van der Waals surface area contributed by atoms with Crippen LogP contribution in [0.25, 0.3) is 0 Å². The van der Waals surface area contributed by atoms with E-state index in [4.69, 9.17) is 4.74 Å². The van der Waals surface area contributed by atoms with Gasteiger partial charge in [0.15, 0.2) is 0 Å². The molecule has 8 nitrogen and oxygen atoms in total. The number of anilines is 1. The van der Waals surface area contributed by atoms with Crippen LogP contribution in [0.2, 0.25) is 0 Å². The first-order valence-electron chi connectivity index (χ1n) is 12.9. The highest BCUT2D eigenvalue weighted by atomic mass is 79.9. The standard InChI is InChI=1S/C30H36BrN3O5S/c1-21(2)32-30(36)27(18-23-10-7-6-8-11-23)33(19-24-12-9-13-25(31)17-24)29(35)20-34(40(5,37)38)26-16-22(3)14-15-28(26)39-4/h6-17,21,27H,18-20H2,1-5H3,(H,32,36)/t27-/m1/s1. The van der Waals surface area contributed by atoms with Crippen molar-refractivity contribution in [2.45, 2.75) is 45.8 Å². The number of rotatable bonds is 12. The summed E-state index contributed by atoms with van der Waals surface area (Å²) < 4.78 is 33.4. The van der Waals surface area contributed by atoms with E-state index in [0.29, 0.717) is 5.75 Å². The van der Waals surface area contributed by atoms with Crippen LogP contribution in [-0.4, -0.2) is 57.1 Å². The summed E-state index contributed by atoms with van der Waals surface area (Å²) in [5.41, 5.74) is 2.73. The number of amides is 2. The van der Waals surface area contributed by atoms with E-state index in [-0.39, 0.29) is 30.6 Å². The number of ether oxygens (including phenoxy) is 1. The predicted octanol–water partition coefficient (Wildman–Crippen LogP) is 4.70. The molecule has 0 heterocycles. The van der Waals surface area contributed by atoms with Crippen LogP contribution in [0.15, 0.2) is 77.3 Å². The van der Waals surface area contributed by atoms with Crippen LogP contribution in [0.5, 0.6) is 5.75 Å². The Labute approximate surface area is 245 Å². The molecule has 3 rings (SSSR count). The van der Waals surface area contributed by atoms with Gasteiger partial charge in [-0.3, -0.25) is 13.9 Å². The molecule has 10 heteroatoms. The van der Waals surface area contributed by atoms with Gasteiger partial charge >= 0.3 is 0 Å². The number of carbonyl (C=O) groups is 2. The second-order valence-electron chi connectivity index (χ2n) is 9.97. The summed E-state index contributed by atoms with van der Waals surface area (Å²) >= 11 is 3.48. The molecular weight excluding hydrogens is 594 g/mol. The van der Waals surface area contributed by atoms with Crippen molar-refractivity contribution in [3.05, 3.63) is 94.0 Å². The first kappa shape index (κ1) is 31.2. The van der Waals surface area contributed by atoms with Gasteiger partial charge in [0.1, 0.15) is 18.3 Å². The highest BCUT2D eigenvalue weighted by molar-refractivity contribution is 9.10. The molecule has 3 aromatic carbocycles. The molecule has 3 aromatic rings. The number of hydrogen-bond acceptors (Lipinski definition) is 5. The lowest BCUT2D eigenvalue weighted by Crippen LogP contribution is -2.54. The molecule has 0 radical (unpaired) electrons. The first-order valence-corrected chi connectivity index (χ1v) is 15.5. The number of hydrogen-bond donors (Lipinski definition) is 1. The molecule has 0 bridgehead atoms. The third-order valence-corrected chi connectivity index (χ3v) is 7.85. The van der Waals surface area contributed by atoms with Gasteiger partial charge in [-0.15, -0.1) is 0 Å². The maximum absolute atomic E-state index is 14.2. The van der Waals surface area contributed by atoms with Crippen molar-refractivity contribution in [2.24, 2.45) is 0 Å². The molecular formula is C30H36BrN3O5S. The Morgan fingerprint density at radius 3 is 2.25 bits per heavy atom. The van der Waals surface area contributed by atoms with Crippen molar-refractivity contribution in [1.82, 2.24) is 10.2 Å². The average molecular weight is 631 g/mol. The monoisotopic (exact) mass is 629 g/mol. The molecule has 0 saturated heterocycles. The minimum Gasteiger partial charge on any atom is -0.495 e. The van der Waals surface area contributed by atoms with E-state index in [2.05, 4.69) is 21.2 Å². The highest BCUT2D eigenvalue weighted by Crippen LogP contribution is 2.31. The minimum absolute atomic E-state index is 0.101. The number of methoxy groups -OCH3 is 1. The Balaban J connectivity index is 2.10. The van der Waals surface area contributed by atoms with Crippen molar-refractivity contribution < 1.29 is 22.7 Å². The van der Waals surface area contributed by atoms with Crippen LogP contribution in [0.1, 0.15) is 30.5 Å². The summed E-state index contributed by atoms with van der Waals surface area (Å²) in [4.78, 5) is 29.2. The van der Waals surface area contributed by atoms with Gasteiger partial charge in [-0.05, 0) is 61.7 Å². The molecule has 1 N–H and O–H groups in total. The van der Waals surface area contributed by atoms with Crippen molar-refractivity contribution in [1.29, 1.82) is 0 Å². The van der Waals surface area contributed by atoms with Crippen LogP contribution in [0, 0.1) is 6.92 Å². The summed E-state index contributed by atoms with van der Waals surface area (Å²) in [6.45, 7) is 5.13. The second kappa shape index (κ2) is 13.8. The van der Waals surface area contributed by atoms with Gasteiger partial charge < -0.3 is 15.0 Å². The zero-order valence-electron chi connectivity index (χ0n) is 23.4. The summed E-state index contributed by atoms with van der Waals surface area (Å²) in [6.07, 6.45) is 1.30. The van der Waals surface area contributed by atoms with Crippen LogP contribution in [0.3, 0.4) is 0 Å². The summed E-state index contributed by atoms with van der Waals surface area (Å²) in [5, 5.41) is 2.94. The molecule has 0 aliphatic carbocycles. The number of benzene rings is 3. The number of nitrogens with one attached hydrogen (secondary N) is 1. The van der Waals surface area contributed by atoms with Gasteiger partial charge in [0.05, 0.1) is 19.1 Å². The van der Waals surface area contributed by atoms with Crippen molar-refractivity contribution in [3.63, 3.8) is 0 Å². The van der Waals surface area contributed by atoms with E-state index in [1.165, 1.54) is 12.0 Å². The van der Waals surface area contributed by atoms with E-state index in [1.807, 2.05) is 75.4 Å². The van der Waals surface area contributed by atoms with Crippen molar-refractivity contribution >= 4 is 43.5 Å². The maximum Gasteiger partial charge on any atom is 0.244 e. The third-order valence-electron chi connectivity index (χ3n) is 6.23. The average Bonchev–Trinajstić information content (AvgIpc) is 2.88. The molecule has 0 aliphatic heterocycles. The fraction of sp³-hybridized carbons (Fsp3) is 0.333. The lowest BCUT2D eigenvalue weighted by molar-refractivity contribution is -0.140. The molecule has 0 aliphatic rings. The second-order valence-corrected chi connectivity index (χ2v) is 12.8. The SMILES string of the molecule is COc1ccc(C)cc1N(CC(=O)N(Cc1cccc(Br)c1)[C@H](Cc1ccccc1)C(=O)NC(C)C)S(C)(=O)=O. The summed E-state index contributed by atoms with van der Waals surface area (Å²) in [5.74, 6) is -0.518. The van der Waals surface area contributed by atoms with Crippen LogP contribution < -0.4 is 14.4 Å². The fourth-order valence-electron chi connectivity index (χ4n) is 4.36. The predicted molar refractivity (Wildman–Crippen MR) is 162 cm³/mol. The van der Waals surface area contributed by atoms with Gasteiger partial charge in [0.25, 0.3) is 0 Å². The summed E-state index contributed by atoms with van der Waals surface area (Å²) in [6, 6.07) is 21.0. The lowest BCUT2D eigenvalue weighted by atomic mass is 10.0. The Bertz CT molecular complexity index is 1430. The number of nitrogens with zero attached hydrogens (tertiary/aromatic N) is 2. The van der Waals surface area contributed by atoms with E-state index in [1.54, 1.807) is 18.2 Å². The molecule has 40 heavy (non-hydrogen) atoms. The molecule has 214 valence electrons. The molecule has 0 fully saturated rings. The Hall–Kier alpha value is -3.37. The lowest BCUT2D eigenvalue weighted by Gasteiger charge is -2.34. The van der Waals surface area contributed by atoms with Gasteiger partial charge in [-0.2, -0.15) is 0 Å². The number of sulfonamides is 1. The number of aryl methyl sites for hydroxylation is 1. The molecule has 0 saturated carbocycles. The molecule has 2 amide bonds. The topological polar surface area (TPSA) is 96.0 Å². The van der Waals surface area contributed by atoms with Crippen LogP contribution in [0.4, 0.5) is 5.69 Å². The normalized spacial score (nSPS) is 12.1. The number of carbonyl (C=O) groups excluding carboxylic acids is 2. The molecule has 1 atom stereocenters. The van der Waals surface area contributed by atoms with Gasteiger partial charge in [0, 0.05) is 23.5 Å². The van der Waals surface area contributed by atoms with E-state index in [9.17, 15) is 18.0 Å². The van der Waals surface area contributed by atoms with E-state index < -0.39 is 28.5 Å². The van der Waals surface area contributed by atoms with Crippen molar-refractivity contribution in [2.75, 3.05) is 24.2 Å². The third kappa shape index (κ3) is 8.56. The van der Waals surface area contributed by atoms with E-state index in [0.717, 1.165) is 31.7 Å². The highest BCUT2D eigenvalue weighted by Gasteiger charge is 2.34. The maximum atomic E-state index is 14.2. The number of halogens is 1. The fourth-order valence-corrected chi connectivity index (χ4v) is 5.65. The Morgan fingerprint density at radius 1 is 0.975 bits per heavy atom. The Kier molecular flexibility index (Phi) is 10.8. The zero-order chi connectivity index (χ0) is 29.4. The largest absolute Gasteiger partial charge is 0.495 e. The zero-order valence-corrected chi connectivity index (χ0v) is 25.8. The smallest absolute Gasteiger partial charge is 0.244 e. The van der Waals surface area contributed by atoms with Gasteiger partial charge in [-0.1, -0.05) is 64.5 Å². The van der Waals surface area contributed by atoms with Gasteiger partial charge in [-0.25, -0.2) is 8.42 Å². The van der Waals surface area contributed by atoms with Crippen molar-refractivity contribution in [3.8, 4) is 5.75 Å². The molecule has 0 unspecified atom stereocenters. The van der Waals surface area contributed by atoms with Crippen LogP contribution in [-0.2, 0) is 32.6 Å². The van der Waals surface area contributed by atoms with Gasteiger partial charge in [0.2, 0.25) is 21.8 Å². The summed E-state index contributed by atoms with van der Waals surface area (Å²) in [7, 11) is -2.45. The quantitative estimate of drug-likeness (QED) is 0.313. The minimum atomic E-state index is -3.90. The molecule has 0 spiro atoms. The van der Waals surface area contributed by atoms with Crippen LogP contribution >= 0.6 is 15.9 Å².